The maximum atomic E-state index is 12.9. The molecule has 2 amide bonds. The number of carbonyl (C=O) groups excluding carboxylic acids is 2. The van der Waals surface area contributed by atoms with Gasteiger partial charge in [-0.3, -0.25) is 19.0 Å². The molecule has 0 aliphatic rings. The zero-order valence-corrected chi connectivity index (χ0v) is 17.2. The fourth-order valence-electron chi connectivity index (χ4n) is 2.84. The summed E-state index contributed by atoms with van der Waals surface area (Å²) in [5.41, 5.74) is 6.63. The number of hydrogen-bond acceptors (Lipinski definition) is 5. The van der Waals surface area contributed by atoms with Crippen molar-refractivity contribution in [2.75, 3.05) is 5.32 Å². The lowest BCUT2D eigenvalue weighted by Crippen LogP contribution is -2.28. The zero-order chi connectivity index (χ0) is 21.1. The Hall–Kier alpha value is -3.13. The Morgan fingerprint density at radius 3 is 2.34 bits per heavy atom. The molecule has 3 N–H and O–H groups in total. The van der Waals surface area contributed by atoms with Crippen LogP contribution < -0.4 is 16.6 Å². The van der Waals surface area contributed by atoms with Crippen LogP contribution in [0.1, 0.15) is 37.2 Å². The Kier molecular flexibility index (Phi) is 6.03. The highest BCUT2D eigenvalue weighted by molar-refractivity contribution is 8.00. The number of benzene rings is 2. The number of amides is 2. The number of para-hydroxylation sites is 1. The number of nitrogens with two attached hydrogens (primary N) is 1. The van der Waals surface area contributed by atoms with E-state index in [0.717, 1.165) is 0 Å². The molecule has 0 saturated heterocycles. The molecule has 3 rings (SSSR count). The standard InChI is InChI=1S/C21H22N4O3S/c1-12(2)25-20(28)16-6-4-5-7-17(16)24-21(25)29-13(3)19(27)23-15-10-8-14(9-11-15)18(22)26/h4-13H,1-3H3,(H2,22,26)(H,23,27)/t13-/m1/s1. The van der Waals surface area contributed by atoms with Crippen molar-refractivity contribution in [2.45, 2.75) is 37.2 Å². The van der Waals surface area contributed by atoms with E-state index in [1.54, 1.807) is 47.9 Å². The van der Waals surface area contributed by atoms with Crippen LogP contribution in [-0.4, -0.2) is 26.6 Å². The average molecular weight is 410 g/mol. The van der Waals surface area contributed by atoms with Gasteiger partial charge in [-0.2, -0.15) is 0 Å². The molecule has 7 nitrogen and oxygen atoms in total. The van der Waals surface area contributed by atoms with E-state index in [4.69, 9.17) is 5.73 Å². The maximum absolute atomic E-state index is 12.9. The van der Waals surface area contributed by atoms with Crippen molar-refractivity contribution >= 4 is 40.2 Å². The largest absolute Gasteiger partial charge is 0.366 e. The van der Waals surface area contributed by atoms with Crippen LogP contribution in [0.4, 0.5) is 5.69 Å². The molecule has 0 radical (unpaired) electrons. The Balaban J connectivity index is 1.84. The molecule has 0 fully saturated rings. The number of primary amides is 1. The topological polar surface area (TPSA) is 107 Å². The van der Waals surface area contributed by atoms with Crippen LogP contribution in [0.3, 0.4) is 0 Å². The molecule has 0 saturated carbocycles. The van der Waals surface area contributed by atoms with E-state index < -0.39 is 11.2 Å². The normalized spacial score (nSPS) is 12.1. The molecule has 29 heavy (non-hydrogen) atoms. The highest BCUT2D eigenvalue weighted by Crippen LogP contribution is 2.25. The van der Waals surface area contributed by atoms with Gasteiger partial charge in [-0.15, -0.1) is 0 Å². The third-order valence-electron chi connectivity index (χ3n) is 4.38. The van der Waals surface area contributed by atoms with E-state index in [0.29, 0.717) is 27.3 Å². The molecule has 0 aliphatic carbocycles. The highest BCUT2D eigenvalue weighted by Gasteiger charge is 2.20. The number of nitrogens with one attached hydrogen (secondary N) is 1. The van der Waals surface area contributed by atoms with Crippen LogP contribution >= 0.6 is 11.8 Å². The summed E-state index contributed by atoms with van der Waals surface area (Å²) in [6.07, 6.45) is 0. The van der Waals surface area contributed by atoms with Gasteiger partial charge in [0.1, 0.15) is 0 Å². The lowest BCUT2D eigenvalue weighted by atomic mass is 10.2. The van der Waals surface area contributed by atoms with Gasteiger partial charge < -0.3 is 11.1 Å². The summed E-state index contributed by atoms with van der Waals surface area (Å²) >= 11 is 1.23. The van der Waals surface area contributed by atoms with Crippen molar-refractivity contribution in [2.24, 2.45) is 5.73 Å². The number of thioether (sulfide) groups is 1. The lowest BCUT2D eigenvalue weighted by Gasteiger charge is -2.18. The molecule has 3 aromatic rings. The maximum Gasteiger partial charge on any atom is 0.262 e. The van der Waals surface area contributed by atoms with Crippen molar-refractivity contribution in [3.63, 3.8) is 0 Å². The molecule has 0 spiro atoms. The first-order valence-corrected chi connectivity index (χ1v) is 10.0. The first kappa shape index (κ1) is 20.6. The van der Waals surface area contributed by atoms with E-state index in [1.165, 1.54) is 11.8 Å². The molecule has 0 bridgehead atoms. The molecule has 0 unspecified atom stereocenters. The van der Waals surface area contributed by atoms with Gasteiger partial charge in [-0.25, -0.2) is 4.98 Å². The van der Waals surface area contributed by atoms with Crippen molar-refractivity contribution in [1.29, 1.82) is 0 Å². The van der Waals surface area contributed by atoms with Gasteiger partial charge in [0.25, 0.3) is 5.56 Å². The number of hydrogen-bond donors (Lipinski definition) is 2. The van der Waals surface area contributed by atoms with Gasteiger partial charge in [0.2, 0.25) is 11.8 Å². The van der Waals surface area contributed by atoms with Gasteiger partial charge in [0, 0.05) is 17.3 Å². The van der Waals surface area contributed by atoms with E-state index in [-0.39, 0.29) is 17.5 Å². The van der Waals surface area contributed by atoms with E-state index in [2.05, 4.69) is 10.3 Å². The second-order valence-electron chi connectivity index (χ2n) is 6.87. The summed E-state index contributed by atoms with van der Waals surface area (Å²) in [6, 6.07) is 13.4. The third kappa shape index (κ3) is 4.48. The van der Waals surface area contributed by atoms with Crippen molar-refractivity contribution in [3.8, 4) is 0 Å². The van der Waals surface area contributed by atoms with Gasteiger partial charge >= 0.3 is 0 Å². The molecule has 1 atom stereocenters. The summed E-state index contributed by atoms with van der Waals surface area (Å²) in [5.74, 6) is -0.764. The Morgan fingerprint density at radius 2 is 1.72 bits per heavy atom. The predicted molar refractivity (Wildman–Crippen MR) is 115 cm³/mol. The summed E-state index contributed by atoms with van der Waals surface area (Å²) < 4.78 is 1.61. The Labute approximate surface area is 172 Å². The minimum absolute atomic E-state index is 0.0984. The number of fused-ring (bicyclic) bond motifs is 1. The van der Waals surface area contributed by atoms with Gasteiger partial charge in [-0.1, -0.05) is 23.9 Å². The number of anilines is 1. The first-order valence-electron chi connectivity index (χ1n) is 9.16. The van der Waals surface area contributed by atoms with Crippen LogP contribution in [0.25, 0.3) is 10.9 Å². The summed E-state index contributed by atoms with van der Waals surface area (Å²) in [4.78, 5) is 41.3. The predicted octanol–water partition coefficient (Wildman–Crippen LogP) is 3.20. The second-order valence-corrected chi connectivity index (χ2v) is 8.18. The van der Waals surface area contributed by atoms with Gasteiger partial charge in [-0.05, 0) is 57.2 Å². The monoisotopic (exact) mass is 410 g/mol. The summed E-state index contributed by atoms with van der Waals surface area (Å²) in [5, 5.41) is 3.35. The highest BCUT2D eigenvalue weighted by atomic mass is 32.2. The van der Waals surface area contributed by atoms with Crippen LogP contribution in [0, 0.1) is 0 Å². The van der Waals surface area contributed by atoms with E-state index >= 15 is 0 Å². The minimum atomic E-state index is -0.527. The van der Waals surface area contributed by atoms with Crippen LogP contribution in [0.5, 0.6) is 0 Å². The molecule has 150 valence electrons. The Morgan fingerprint density at radius 1 is 1.07 bits per heavy atom. The first-order chi connectivity index (χ1) is 13.8. The molecular formula is C21H22N4O3S. The number of carbonyl (C=O) groups is 2. The Bertz CT molecular complexity index is 1120. The molecular weight excluding hydrogens is 388 g/mol. The molecule has 8 heteroatoms. The summed E-state index contributed by atoms with van der Waals surface area (Å²) in [7, 11) is 0. The SMILES string of the molecule is CC(C)n1c(S[C@H](C)C(=O)Nc2ccc(C(N)=O)cc2)nc2ccccc2c1=O. The summed E-state index contributed by atoms with van der Waals surface area (Å²) in [6.45, 7) is 5.57. The van der Waals surface area contributed by atoms with E-state index in [1.807, 2.05) is 26.0 Å². The molecule has 1 aromatic heterocycles. The quantitative estimate of drug-likeness (QED) is 0.479. The van der Waals surface area contributed by atoms with Crippen LogP contribution in [0.15, 0.2) is 58.5 Å². The van der Waals surface area contributed by atoms with Crippen LogP contribution in [-0.2, 0) is 4.79 Å². The average Bonchev–Trinajstić information content (AvgIpc) is 2.68. The number of aromatic nitrogens is 2. The molecule has 2 aromatic carbocycles. The molecule has 1 heterocycles. The minimum Gasteiger partial charge on any atom is -0.366 e. The number of nitrogens with zero attached hydrogens (tertiary/aromatic N) is 2. The smallest absolute Gasteiger partial charge is 0.262 e. The fraction of sp³-hybridized carbons (Fsp3) is 0.238. The zero-order valence-electron chi connectivity index (χ0n) is 16.4. The van der Waals surface area contributed by atoms with Crippen LogP contribution in [0.2, 0.25) is 0 Å². The van der Waals surface area contributed by atoms with Crippen molar-refractivity contribution < 1.29 is 9.59 Å². The lowest BCUT2D eigenvalue weighted by molar-refractivity contribution is -0.115. The molecule has 0 aliphatic heterocycles. The number of rotatable bonds is 6. The van der Waals surface area contributed by atoms with Crippen molar-refractivity contribution in [1.82, 2.24) is 9.55 Å². The van der Waals surface area contributed by atoms with Gasteiger partial charge in [0.15, 0.2) is 5.16 Å². The van der Waals surface area contributed by atoms with Crippen molar-refractivity contribution in [3.05, 3.63) is 64.4 Å². The third-order valence-corrected chi connectivity index (χ3v) is 5.45. The van der Waals surface area contributed by atoms with Gasteiger partial charge in [0.05, 0.1) is 16.2 Å². The second kappa shape index (κ2) is 8.48. The fourth-order valence-corrected chi connectivity index (χ4v) is 3.88. The van der Waals surface area contributed by atoms with E-state index in [9.17, 15) is 14.4 Å².